The van der Waals surface area contributed by atoms with Gasteiger partial charge in [-0.1, -0.05) is 36.8 Å². The van der Waals surface area contributed by atoms with E-state index in [9.17, 15) is 4.79 Å². The number of carbonyl (C=O) groups excluding carboxylic acids is 1. The van der Waals surface area contributed by atoms with Gasteiger partial charge in [-0.15, -0.1) is 0 Å². The SMILES string of the molecule is CCCC(=O)NCCc1cnc(-c2ccc(C)cc2)[nH]1. The molecule has 1 aromatic carbocycles. The van der Waals surface area contributed by atoms with Crippen LogP contribution in [-0.2, 0) is 11.2 Å². The fourth-order valence-electron chi connectivity index (χ4n) is 2.00. The van der Waals surface area contributed by atoms with E-state index < -0.39 is 0 Å². The highest BCUT2D eigenvalue weighted by atomic mass is 16.1. The molecule has 0 saturated heterocycles. The summed E-state index contributed by atoms with van der Waals surface area (Å²) in [4.78, 5) is 19.0. The summed E-state index contributed by atoms with van der Waals surface area (Å²) >= 11 is 0. The number of aromatic nitrogens is 2. The summed E-state index contributed by atoms with van der Waals surface area (Å²) in [5, 5.41) is 2.90. The summed E-state index contributed by atoms with van der Waals surface area (Å²) in [6.45, 7) is 4.72. The van der Waals surface area contributed by atoms with Gasteiger partial charge in [0.15, 0.2) is 0 Å². The largest absolute Gasteiger partial charge is 0.356 e. The number of nitrogens with one attached hydrogen (secondary N) is 2. The van der Waals surface area contributed by atoms with E-state index in [0.29, 0.717) is 13.0 Å². The molecule has 0 unspecified atom stereocenters. The number of aryl methyl sites for hydroxylation is 1. The molecule has 0 spiro atoms. The molecule has 0 radical (unpaired) electrons. The van der Waals surface area contributed by atoms with Crippen molar-refractivity contribution in [3.8, 4) is 11.4 Å². The van der Waals surface area contributed by atoms with Gasteiger partial charge < -0.3 is 10.3 Å². The van der Waals surface area contributed by atoms with Crippen LogP contribution in [0.4, 0.5) is 0 Å². The Balaban J connectivity index is 1.89. The number of nitrogens with zero attached hydrogens (tertiary/aromatic N) is 1. The first-order valence-electron chi connectivity index (χ1n) is 7.06. The molecular formula is C16H21N3O. The molecule has 1 aromatic heterocycles. The Morgan fingerprint density at radius 3 is 2.75 bits per heavy atom. The van der Waals surface area contributed by atoms with Gasteiger partial charge in [-0.3, -0.25) is 4.79 Å². The minimum absolute atomic E-state index is 0.116. The van der Waals surface area contributed by atoms with Gasteiger partial charge in [0.2, 0.25) is 5.91 Å². The third kappa shape index (κ3) is 3.95. The lowest BCUT2D eigenvalue weighted by atomic mass is 10.1. The average Bonchev–Trinajstić information content (AvgIpc) is 2.89. The average molecular weight is 271 g/mol. The molecule has 106 valence electrons. The number of H-pyrrole nitrogens is 1. The topological polar surface area (TPSA) is 57.8 Å². The molecule has 0 atom stereocenters. The fraction of sp³-hybridized carbons (Fsp3) is 0.375. The third-order valence-electron chi connectivity index (χ3n) is 3.15. The standard InChI is InChI=1S/C16H21N3O/c1-3-4-15(20)17-10-9-14-11-18-16(19-14)13-7-5-12(2)6-8-13/h5-8,11H,3-4,9-10H2,1-2H3,(H,17,20)(H,18,19). The van der Waals surface area contributed by atoms with Gasteiger partial charge in [-0.05, 0) is 13.3 Å². The second-order valence-electron chi connectivity index (χ2n) is 4.97. The minimum atomic E-state index is 0.116. The van der Waals surface area contributed by atoms with Gasteiger partial charge >= 0.3 is 0 Å². The summed E-state index contributed by atoms with van der Waals surface area (Å²) in [6.07, 6.45) is 4.08. The van der Waals surface area contributed by atoms with Crippen molar-refractivity contribution in [2.24, 2.45) is 0 Å². The fourth-order valence-corrected chi connectivity index (χ4v) is 2.00. The maximum absolute atomic E-state index is 11.4. The van der Waals surface area contributed by atoms with Crippen LogP contribution >= 0.6 is 0 Å². The quantitative estimate of drug-likeness (QED) is 0.848. The molecule has 20 heavy (non-hydrogen) atoms. The highest BCUT2D eigenvalue weighted by molar-refractivity contribution is 5.75. The van der Waals surface area contributed by atoms with Crippen LogP contribution in [0.2, 0.25) is 0 Å². The Hall–Kier alpha value is -2.10. The number of rotatable bonds is 6. The normalized spacial score (nSPS) is 10.5. The number of aromatic amines is 1. The van der Waals surface area contributed by atoms with Gasteiger partial charge in [0.05, 0.1) is 0 Å². The van der Waals surface area contributed by atoms with E-state index in [1.54, 1.807) is 0 Å². The van der Waals surface area contributed by atoms with E-state index in [-0.39, 0.29) is 5.91 Å². The number of amides is 1. The molecule has 2 rings (SSSR count). The van der Waals surface area contributed by atoms with Crippen molar-refractivity contribution in [2.45, 2.75) is 33.1 Å². The first-order chi connectivity index (χ1) is 9.69. The highest BCUT2D eigenvalue weighted by Gasteiger charge is 2.04. The Morgan fingerprint density at radius 1 is 1.30 bits per heavy atom. The zero-order chi connectivity index (χ0) is 14.4. The molecule has 4 nitrogen and oxygen atoms in total. The van der Waals surface area contributed by atoms with Crippen LogP contribution in [-0.4, -0.2) is 22.4 Å². The van der Waals surface area contributed by atoms with Crippen molar-refractivity contribution >= 4 is 5.91 Å². The van der Waals surface area contributed by atoms with Crippen molar-refractivity contribution in [2.75, 3.05) is 6.54 Å². The van der Waals surface area contributed by atoms with E-state index in [2.05, 4.69) is 46.5 Å². The predicted molar refractivity (Wildman–Crippen MR) is 80.4 cm³/mol. The lowest BCUT2D eigenvalue weighted by Crippen LogP contribution is -2.25. The van der Waals surface area contributed by atoms with Crippen molar-refractivity contribution in [3.05, 3.63) is 41.7 Å². The van der Waals surface area contributed by atoms with Gasteiger partial charge in [0, 0.05) is 36.8 Å². The zero-order valence-electron chi connectivity index (χ0n) is 12.1. The zero-order valence-corrected chi connectivity index (χ0v) is 12.1. The lowest BCUT2D eigenvalue weighted by Gasteiger charge is -2.02. The molecule has 1 amide bonds. The molecule has 4 heteroatoms. The molecule has 0 saturated carbocycles. The molecule has 0 aliphatic heterocycles. The summed E-state index contributed by atoms with van der Waals surface area (Å²) < 4.78 is 0. The second-order valence-corrected chi connectivity index (χ2v) is 4.97. The number of carbonyl (C=O) groups is 1. The van der Waals surface area contributed by atoms with E-state index in [1.165, 1.54) is 5.56 Å². The summed E-state index contributed by atoms with van der Waals surface area (Å²) in [6, 6.07) is 8.26. The smallest absolute Gasteiger partial charge is 0.219 e. The van der Waals surface area contributed by atoms with E-state index in [4.69, 9.17) is 0 Å². The molecule has 0 aliphatic rings. The van der Waals surface area contributed by atoms with Crippen molar-refractivity contribution in [1.29, 1.82) is 0 Å². The first-order valence-corrected chi connectivity index (χ1v) is 7.06. The lowest BCUT2D eigenvalue weighted by molar-refractivity contribution is -0.121. The number of benzene rings is 1. The molecule has 2 aromatic rings. The van der Waals surface area contributed by atoms with Crippen molar-refractivity contribution in [3.63, 3.8) is 0 Å². The summed E-state index contributed by atoms with van der Waals surface area (Å²) in [5.74, 6) is 0.991. The van der Waals surface area contributed by atoms with Gasteiger partial charge in [0.25, 0.3) is 0 Å². The van der Waals surface area contributed by atoms with Gasteiger partial charge in [-0.2, -0.15) is 0 Å². The van der Waals surface area contributed by atoms with Gasteiger partial charge in [-0.25, -0.2) is 4.98 Å². The third-order valence-corrected chi connectivity index (χ3v) is 3.15. The van der Waals surface area contributed by atoms with E-state index in [0.717, 1.165) is 29.9 Å². The Kier molecular flexibility index (Phi) is 4.93. The molecule has 0 bridgehead atoms. The monoisotopic (exact) mass is 271 g/mol. The van der Waals surface area contributed by atoms with Crippen LogP contribution < -0.4 is 5.32 Å². The van der Waals surface area contributed by atoms with Gasteiger partial charge in [0.1, 0.15) is 5.82 Å². The minimum Gasteiger partial charge on any atom is -0.356 e. The number of hydrogen-bond acceptors (Lipinski definition) is 2. The maximum atomic E-state index is 11.4. The molecule has 0 aliphatic carbocycles. The maximum Gasteiger partial charge on any atom is 0.219 e. The predicted octanol–water partition coefficient (Wildman–Crippen LogP) is 2.84. The number of imidazole rings is 1. The Labute approximate surface area is 119 Å². The Bertz CT molecular complexity index is 557. The van der Waals surface area contributed by atoms with Crippen LogP contribution in [0.5, 0.6) is 0 Å². The van der Waals surface area contributed by atoms with E-state index >= 15 is 0 Å². The Morgan fingerprint density at radius 2 is 2.05 bits per heavy atom. The van der Waals surface area contributed by atoms with Crippen LogP contribution in [0.3, 0.4) is 0 Å². The molecule has 0 fully saturated rings. The van der Waals surface area contributed by atoms with Crippen LogP contribution in [0, 0.1) is 6.92 Å². The molecule has 1 heterocycles. The van der Waals surface area contributed by atoms with Crippen LogP contribution in [0.25, 0.3) is 11.4 Å². The number of hydrogen-bond donors (Lipinski definition) is 2. The highest BCUT2D eigenvalue weighted by Crippen LogP contribution is 2.16. The second kappa shape index (κ2) is 6.89. The van der Waals surface area contributed by atoms with Crippen molar-refractivity contribution in [1.82, 2.24) is 15.3 Å². The molecule has 2 N–H and O–H groups in total. The summed E-state index contributed by atoms with van der Waals surface area (Å²) in [5.41, 5.74) is 3.36. The first kappa shape index (κ1) is 14.3. The molecular weight excluding hydrogens is 250 g/mol. The summed E-state index contributed by atoms with van der Waals surface area (Å²) in [7, 11) is 0. The van der Waals surface area contributed by atoms with Crippen molar-refractivity contribution < 1.29 is 4.79 Å². The van der Waals surface area contributed by atoms with E-state index in [1.807, 2.05) is 13.1 Å². The van der Waals surface area contributed by atoms with Crippen LogP contribution in [0.1, 0.15) is 31.0 Å². The van der Waals surface area contributed by atoms with Crippen LogP contribution in [0.15, 0.2) is 30.5 Å².